The fourth-order valence-electron chi connectivity index (χ4n) is 3.17. The molecule has 0 spiro atoms. The van der Waals surface area contributed by atoms with Crippen molar-refractivity contribution in [2.24, 2.45) is 0 Å². The molecule has 3 rings (SSSR count). The van der Waals surface area contributed by atoms with Crippen molar-refractivity contribution >= 4 is 27.5 Å². The molecule has 9 heteroatoms. The van der Waals surface area contributed by atoms with Crippen LogP contribution in [0.1, 0.15) is 12.5 Å². The Bertz CT molecular complexity index is 961. The van der Waals surface area contributed by atoms with Crippen molar-refractivity contribution in [3.63, 3.8) is 0 Å². The number of carbonyl (C=O) groups excluding carboxylic acids is 1. The third-order valence-electron chi connectivity index (χ3n) is 5.05. The Morgan fingerprint density at radius 2 is 1.80 bits per heavy atom. The second-order valence-electron chi connectivity index (χ2n) is 7.01. The Morgan fingerprint density at radius 1 is 1.10 bits per heavy atom. The van der Waals surface area contributed by atoms with Crippen molar-refractivity contribution in [2.75, 3.05) is 39.3 Å². The summed E-state index contributed by atoms with van der Waals surface area (Å²) in [6.45, 7) is 6.18. The van der Waals surface area contributed by atoms with E-state index in [1.807, 2.05) is 30.3 Å². The zero-order valence-electron chi connectivity index (χ0n) is 16.9. The van der Waals surface area contributed by atoms with Gasteiger partial charge in [-0.25, -0.2) is 13.1 Å². The van der Waals surface area contributed by atoms with E-state index in [1.165, 1.54) is 18.2 Å². The molecule has 162 valence electrons. The molecule has 0 aromatic heterocycles. The van der Waals surface area contributed by atoms with E-state index in [0.29, 0.717) is 13.1 Å². The summed E-state index contributed by atoms with van der Waals surface area (Å²) in [5.74, 6) is 0.169. The Morgan fingerprint density at radius 3 is 2.43 bits per heavy atom. The highest BCUT2D eigenvalue weighted by Crippen LogP contribution is 2.27. The summed E-state index contributed by atoms with van der Waals surface area (Å²) in [6, 6.07) is 13.5. The van der Waals surface area contributed by atoms with Crippen LogP contribution in [-0.2, 0) is 21.4 Å². The number of likely N-dealkylation sites (N-methyl/N-ethyl adjacent to an activating group) is 1. The molecular weight excluding hydrogens is 426 g/mol. The molecule has 1 N–H and O–H groups in total. The van der Waals surface area contributed by atoms with Crippen molar-refractivity contribution in [3.05, 3.63) is 59.1 Å². The van der Waals surface area contributed by atoms with Gasteiger partial charge in [0.15, 0.2) is 6.61 Å². The number of piperazine rings is 1. The first kappa shape index (κ1) is 22.6. The average Bonchev–Trinajstić information content (AvgIpc) is 2.77. The molecule has 1 aliphatic heterocycles. The van der Waals surface area contributed by atoms with Crippen molar-refractivity contribution in [1.82, 2.24) is 14.5 Å². The number of nitrogens with zero attached hydrogens (tertiary/aromatic N) is 2. The van der Waals surface area contributed by atoms with Crippen LogP contribution in [0.25, 0.3) is 0 Å². The zero-order chi connectivity index (χ0) is 21.6. The van der Waals surface area contributed by atoms with Crippen LogP contribution in [0, 0.1) is 0 Å². The van der Waals surface area contributed by atoms with Crippen molar-refractivity contribution in [1.29, 1.82) is 0 Å². The third-order valence-corrected chi connectivity index (χ3v) is 6.74. The number of rotatable bonds is 8. The summed E-state index contributed by atoms with van der Waals surface area (Å²) in [7, 11) is -3.72. The molecule has 1 aliphatic rings. The summed E-state index contributed by atoms with van der Waals surface area (Å²) in [4.78, 5) is 16.5. The smallest absolute Gasteiger partial charge is 0.260 e. The number of sulfonamides is 1. The first-order valence-electron chi connectivity index (χ1n) is 9.85. The molecule has 2 aromatic carbocycles. The molecular formula is C21H26ClN3O4S. The summed E-state index contributed by atoms with van der Waals surface area (Å²) >= 11 is 6.21. The first-order valence-corrected chi connectivity index (χ1v) is 11.7. The quantitative estimate of drug-likeness (QED) is 0.666. The summed E-state index contributed by atoms with van der Waals surface area (Å²) in [5, 5.41) is 0.140. The molecule has 0 atom stereocenters. The molecule has 2 aromatic rings. The zero-order valence-corrected chi connectivity index (χ0v) is 18.5. The molecule has 0 saturated carbocycles. The highest BCUT2D eigenvalue weighted by Gasteiger charge is 2.21. The third kappa shape index (κ3) is 5.95. The number of nitrogens with one attached hydrogen (secondary N) is 1. The SMILES string of the molecule is CCN1CCN(C(=O)COc2ccc(S(=O)(=O)NCc3ccccc3)cc2Cl)CC1. The Balaban J connectivity index is 1.56. The van der Waals surface area contributed by atoms with Gasteiger partial charge in [0.25, 0.3) is 5.91 Å². The predicted molar refractivity (Wildman–Crippen MR) is 116 cm³/mol. The van der Waals surface area contributed by atoms with Gasteiger partial charge in [-0.15, -0.1) is 0 Å². The van der Waals surface area contributed by atoms with Crippen molar-refractivity contribution in [3.8, 4) is 5.75 Å². The van der Waals surface area contributed by atoms with Crippen LogP contribution in [0.5, 0.6) is 5.75 Å². The topological polar surface area (TPSA) is 79.0 Å². The molecule has 0 unspecified atom stereocenters. The van der Waals surface area contributed by atoms with Crippen molar-refractivity contribution < 1.29 is 17.9 Å². The maximum atomic E-state index is 12.5. The molecule has 0 aliphatic carbocycles. The predicted octanol–water partition coefficient (Wildman–Crippen LogP) is 2.36. The number of hydrogen-bond acceptors (Lipinski definition) is 5. The monoisotopic (exact) mass is 451 g/mol. The van der Waals surface area contributed by atoms with Crippen LogP contribution in [0.15, 0.2) is 53.4 Å². The Kier molecular flexibility index (Phi) is 7.71. The van der Waals surface area contributed by atoms with Crippen LogP contribution in [0.2, 0.25) is 5.02 Å². The van der Waals surface area contributed by atoms with E-state index in [0.717, 1.165) is 25.2 Å². The van der Waals surface area contributed by atoms with Gasteiger partial charge >= 0.3 is 0 Å². The minimum absolute atomic E-state index is 0.0396. The second-order valence-corrected chi connectivity index (χ2v) is 9.18. The molecule has 0 bridgehead atoms. The van der Waals surface area contributed by atoms with Gasteiger partial charge in [0, 0.05) is 32.7 Å². The lowest BCUT2D eigenvalue weighted by Gasteiger charge is -2.33. The lowest BCUT2D eigenvalue weighted by Crippen LogP contribution is -2.49. The van der Waals surface area contributed by atoms with Gasteiger partial charge in [-0.1, -0.05) is 48.9 Å². The van der Waals surface area contributed by atoms with Crippen LogP contribution in [-0.4, -0.2) is 63.5 Å². The standard InChI is InChI=1S/C21H26ClN3O4S/c1-2-24-10-12-25(13-11-24)21(26)16-29-20-9-8-18(14-19(20)22)30(27,28)23-15-17-6-4-3-5-7-17/h3-9,14,23H,2,10-13,15-16H2,1H3. The van der Waals surface area contributed by atoms with E-state index >= 15 is 0 Å². The Hall–Kier alpha value is -2.13. The normalized spacial score (nSPS) is 15.2. The van der Waals surface area contributed by atoms with Crippen LogP contribution in [0.3, 0.4) is 0 Å². The van der Waals surface area contributed by atoms with Gasteiger partial charge in [0.05, 0.1) is 9.92 Å². The number of carbonyl (C=O) groups is 1. The Labute approximate surface area is 182 Å². The molecule has 1 fully saturated rings. The number of hydrogen-bond donors (Lipinski definition) is 1. The fraction of sp³-hybridized carbons (Fsp3) is 0.381. The van der Waals surface area contributed by atoms with Crippen LogP contribution >= 0.6 is 11.6 Å². The molecule has 30 heavy (non-hydrogen) atoms. The van der Waals surface area contributed by atoms with E-state index in [1.54, 1.807) is 4.90 Å². The highest BCUT2D eigenvalue weighted by molar-refractivity contribution is 7.89. The molecule has 7 nitrogen and oxygen atoms in total. The van der Waals surface area contributed by atoms with E-state index in [-0.39, 0.29) is 34.7 Å². The van der Waals surface area contributed by atoms with Crippen LogP contribution in [0.4, 0.5) is 0 Å². The van der Waals surface area contributed by atoms with Crippen molar-refractivity contribution in [2.45, 2.75) is 18.4 Å². The van der Waals surface area contributed by atoms with Gasteiger partial charge < -0.3 is 14.5 Å². The number of halogens is 1. The lowest BCUT2D eigenvalue weighted by molar-refractivity contribution is -0.135. The van der Waals surface area contributed by atoms with Gasteiger partial charge in [0.2, 0.25) is 10.0 Å². The summed E-state index contributed by atoms with van der Waals surface area (Å²) in [6.07, 6.45) is 0. The number of benzene rings is 2. The minimum atomic E-state index is -3.72. The number of amides is 1. The van der Waals surface area contributed by atoms with Gasteiger partial charge in [-0.05, 0) is 30.3 Å². The lowest BCUT2D eigenvalue weighted by atomic mass is 10.2. The number of ether oxygens (including phenoxy) is 1. The maximum absolute atomic E-state index is 12.5. The van der Waals surface area contributed by atoms with Gasteiger partial charge in [0.1, 0.15) is 5.75 Å². The molecule has 0 radical (unpaired) electrons. The largest absolute Gasteiger partial charge is 0.482 e. The van der Waals surface area contributed by atoms with E-state index in [9.17, 15) is 13.2 Å². The molecule has 1 amide bonds. The summed E-state index contributed by atoms with van der Waals surface area (Å²) in [5.41, 5.74) is 0.852. The highest BCUT2D eigenvalue weighted by atomic mass is 35.5. The molecule has 1 saturated heterocycles. The maximum Gasteiger partial charge on any atom is 0.260 e. The fourth-order valence-corrected chi connectivity index (χ4v) is 4.51. The van der Waals surface area contributed by atoms with Gasteiger partial charge in [-0.2, -0.15) is 0 Å². The average molecular weight is 452 g/mol. The van der Waals surface area contributed by atoms with E-state index < -0.39 is 10.0 Å². The first-order chi connectivity index (χ1) is 14.4. The molecule has 1 heterocycles. The van der Waals surface area contributed by atoms with E-state index in [4.69, 9.17) is 16.3 Å². The van der Waals surface area contributed by atoms with Crippen LogP contribution < -0.4 is 9.46 Å². The minimum Gasteiger partial charge on any atom is -0.482 e. The van der Waals surface area contributed by atoms with Gasteiger partial charge in [-0.3, -0.25) is 4.79 Å². The second kappa shape index (κ2) is 10.3. The van der Waals surface area contributed by atoms with E-state index in [2.05, 4.69) is 16.5 Å². The summed E-state index contributed by atoms with van der Waals surface area (Å²) < 4.78 is 33.1.